The zero-order chi connectivity index (χ0) is 49.2. The van der Waals surface area contributed by atoms with Crippen LogP contribution in [0.25, 0.3) is 11.1 Å². The summed E-state index contributed by atoms with van der Waals surface area (Å²) < 4.78 is 0. The zero-order valence-corrected chi connectivity index (χ0v) is 45.2. The highest BCUT2D eigenvalue weighted by atomic mass is 15.2. The van der Waals surface area contributed by atoms with Crippen molar-refractivity contribution in [3.05, 3.63) is 148 Å². The van der Waals surface area contributed by atoms with E-state index in [1.165, 1.54) is 134 Å². The van der Waals surface area contributed by atoms with Crippen molar-refractivity contribution in [2.24, 2.45) is 23.7 Å². The van der Waals surface area contributed by atoms with Crippen LogP contribution < -0.4 is 26.2 Å². The molecule has 6 aromatic rings. The van der Waals surface area contributed by atoms with Gasteiger partial charge in [-0.2, -0.15) is 0 Å². The first-order valence-corrected chi connectivity index (χ1v) is 27.4. The van der Waals surface area contributed by atoms with Crippen molar-refractivity contribution in [3.8, 4) is 11.1 Å². The van der Waals surface area contributed by atoms with Crippen molar-refractivity contribution >= 4 is 57.2 Å². The molecule has 0 aromatic heterocycles. The Hall–Kier alpha value is -5.02. The van der Waals surface area contributed by atoms with E-state index >= 15 is 0 Å². The van der Waals surface area contributed by atoms with E-state index in [0.717, 1.165) is 30.1 Å². The summed E-state index contributed by atoms with van der Waals surface area (Å²) in [4.78, 5) is 5.46. The molecule has 5 atom stereocenters. The molecule has 4 aliphatic carbocycles. The predicted octanol–water partition coefficient (Wildman–Crippen LogP) is 16.5. The molecule has 5 unspecified atom stereocenters. The standard InChI is InChI=1S/C67H79BN2/c1-40-15-26-58-55(29-40)68-56-38-48(65(8,9)10)21-28-59(56)70(57-27-20-47(64(5,6)7)37-52(57)43-17-25-53-54(34-43)67(13,14)39-66(53,11)12)61-36-45(51-33-42-30-41-16-24-50(51)44(31-41)32-42)35-60(62(61)68)69(58)49-22-18-46(19-23-49)63(2,3)4/h15,17-23,25-29,34-38,41-42,44,50-51H,16,24,30-33,39H2,1-14H3. The number of rotatable bonds is 4. The van der Waals surface area contributed by atoms with Crippen molar-refractivity contribution in [2.75, 3.05) is 9.80 Å². The molecule has 0 radical (unpaired) electrons. The zero-order valence-electron chi connectivity index (χ0n) is 45.2. The topological polar surface area (TPSA) is 6.48 Å². The average molecular weight is 923 g/mol. The van der Waals surface area contributed by atoms with Gasteiger partial charge in [0.25, 0.3) is 6.71 Å². The third-order valence-electron chi connectivity index (χ3n) is 18.9. The maximum Gasteiger partial charge on any atom is 0.252 e. The fraction of sp³-hybridized carbons (Fsp3) is 0.463. The average Bonchev–Trinajstić information content (AvgIpc) is 3.48. The van der Waals surface area contributed by atoms with E-state index in [1.807, 2.05) is 0 Å². The van der Waals surface area contributed by atoms with Crippen molar-refractivity contribution in [2.45, 2.75) is 175 Å². The molecular weight excluding hydrogens is 844 g/mol. The maximum atomic E-state index is 2.77. The number of hydrogen-bond acceptors (Lipinski definition) is 2. The summed E-state index contributed by atoms with van der Waals surface area (Å²) in [7, 11) is 0. The second-order valence-electron chi connectivity index (χ2n) is 27.9. The lowest BCUT2D eigenvalue weighted by atomic mass is 9.33. The molecule has 2 aliphatic heterocycles. The van der Waals surface area contributed by atoms with E-state index in [4.69, 9.17) is 0 Å². The molecule has 360 valence electrons. The monoisotopic (exact) mass is 923 g/mol. The van der Waals surface area contributed by atoms with Crippen LogP contribution in [0.2, 0.25) is 0 Å². The minimum atomic E-state index is -0.0144. The number of fused-ring (bicyclic) bond motifs is 7. The third kappa shape index (κ3) is 7.31. The minimum absolute atomic E-state index is 0.0136. The van der Waals surface area contributed by atoms with Crippen LogP contribution in [-0.4, -0.2) is 6.71 Å². The van der Waals surface area contributed by atoms with E-state index in [0.29, 0.717) is 5.92 Å². The Morgan fingerprint density at radius 1 is 0.500 bits per heavy atom. The molecular formula is C67H79BN2. The summed E-state index contributed by atoms with van der Waals surface area (Å²) in [5.74, 6) is 3.97. The quantitative estimate of drug-likeness (QED) is 0.162. The number of anilines is 6. The third-order valence-corrected chi connectivity index (χ3v) is 18.9. The Bertz CT molecular complexity index is 3080. The lowest BCUT2D eigenvalue weighted by Crippen LogP contribution is -2.61. The van der Waals surface area contributed by atoms with E-state index in [2.05, 4.69) is 216 Å². The highest BCUT2D eigenvalue weighted by Crippen LogP contribution is 2.59. The van der Waals surface area contributed by atoms with Gasteiger partial charge in [-0.05, 0) is 206 Å². The molecule has 3 saturated carbocycles. The molecule has 0 saturated heterocycles. The maximum absolute atomic E-state index is 2.77. The molecule has 70 heavy (non-hydrogen) atoms. The van der Waals surface area contributed by atoms with Crippen LogP contribution in [0.3, 0.4) is 0 Å². The van der Waals surface area contributed by atoms with Gasteiger partial charge in [0.15, 0.2) is 0 Å². The number of hydrogen-bond donors (Lipinski definition) is 0. The summed E-state index contributed by atoms with van der Waals surface area (Å²) in [6, 6.07) is 45.1. The summed E-state index contributed by atoms with van der Waals surface area (Å²) in [5, 5.41) is 0. The number of aryl methyl sites for hydroxylation is 1. The van der Waals surface area contributed by atoms with Gasteiger partial charge < -0.3 is 9.80 Å². The van der Waals surface area contributed by atoms with Gasteiger partial charge in [-0.3, -0.25) is 0 Å². The summed E-state index contributed by atoms with van der Waals surface area (Å²) in [6.45, 7) is 33.5. The molecule has 0 spiro atoms. The summed E-state index contributed by atoms with van der Waals surface area (Å²) in [5.41, 5.74) is 25.1. The van der Waals surface area contributed by atoms with Gasteiger partial charge in [-0.25, -0.2) is 0 Å². The smallest absolute Gasteiger partial charge is 0.252 e. The van der Waals surface area contributed by atoms with Crippen molar-refractivity contribution in [1.82, 2.24) is 0 Å². The van der Waals surface area contributed by atoms with E-state index in [1.54, 1.807) is 5.56 Å². The fourth-order valence-electron chi connectivity index (χ4n) is 15.6. The fourth-order valence-corrected chi connectivity index (χ4v) is 15.6. The van der Waals surface area contributed by atoms with Gasteiger partial charge in [-0.1, -0.05) is 163 Å². The Kier molecular flexibility index (Phi) is 10.2. The highest BCUT2D eigenvalue weighted by Gasteiger charge is 2.49. The second-order valence-corrected chi connectivity index (χ2v) is 27.9. The van der Waals surface area contributed by atoms with Crippen LogP contribution in [0.5, 0.6) is 0 Å². The molecule has 3 heteroatoms. The van der Waals surface area contributed by atoms with Gasteiger partial charge in [-0.15, -0.1) is 0 Å². The number of benzene rings is 6. The van der Waals surface area contributed by atoms with Crippen molar-refractivity contribution < 1.29 is 0 Å². The molecule has 6 aliphatic rings. The molecule has 2 heterocycles. The first-order valence-electron chi connectivity index (χ1n) is 27.4. The van der Waals surface area contributed by atoms with Gasteiger partial charge >= 0.3 is 0 Å². The van der Waals surface area contributed by atoms with E-state index < -0.39 is 0 Å². The van der Waals surface area contributed by atoms with Gasteiger partial charge in [0, 0.05) is 34.0 Å². The highest BCUT2D eigenvalue weighted by molar-refractivity contribution is 7.00. The van der Waals surface area contributed by atoms with Crippen molar-refractivity contribution in [1.29, 1.82) is 0 Å². The first kappa shape index (κ1) is 46.1. The molecule has 0 amide bonds. The Balaban J connectivity index is 1.18. The Morgan fingerprint density at radius 3 is 1.79 bits per heavy atom. The largest absolute Gasteiger partial charge is 0.311 e. The van der Waals surface area contributed by atoms with Gasteiger partial charge in [0.2, 0.25) is 0 Å². The van der Waals surface area contributed by atoms with Gasteiger partial charge in [0.1, 0.15) is 0 Å². The molecule has 3 fully saturated rings. The number of nitrogens with zero attached hydrogens (tertiary/aromatic N) is 2. The van der Waals surface area contributed by atoms with Crippen LogP contribution in [0.15, 0.2) is 109 Å². The lowest BCUT2D eigenvalue weighted by Gasteiger charge is -2.52. The SMILES string of the molecule is Cc1ccc2c(c1)B1c3cc(C(C)(C)C)ccc3N(c3ccc(C(C)(C)C)cc3-c3ccc4c(c3)C(C)(C)CC4(C)C)c3cc(C4CC5CC6CCC4C(C6)C5)cc(c31)N2c1ccc(C(C)(C)C)cc1. The molecule has 12 rings (SSSR count). The van der Waals surface area contributed by atoms with Crippen LogP contribution in [0, 0.1) is 30.6 Å². The Morgan fingerprint density at radius 2 is 1.09 bits per heavy atom. The van der Waals surface area contributed by atoms with Crippen molar-refractivity contribution in [3.63, 3.8) is 0 Å². The Labute approximate surface area is 422 Å². The molecule has 3 bridgehead atoms. The normalized spacial score (nSPS) is 23.7. The lowest BCUT2D eigenvalue weighted by molar-refractivity contribution is 0.0153. The second kappa shape index (κ2) is 15.5. The summed E-state index contributed by atoms with van der Waals surface area (Å²) in [6.07, 6.45) is 9.62. The van der Waals surface area contributed by atoms with Crippen LogP contribution >= 0.6 is 0 Å². The predicted molar refractivity (Wildman–Crippen MR) is 302 cm³/mol. The minimum Gasteiger partial charge on any atom is -0.311 e. The van der Waals surface area contributed by atoms with E-state index in [9.17, 15) is 0 Å². The molecule has 0 N–H and O–H groups in total. The van der Waals surface area contributed by atoms with Crippen LogP contribution in [0.1, 0.15) is 180 Å². The van der Waals surface area contributed by atoms with E-state index in [-0.39, 0.29) is 33.8 Å². The molecule has 6 aromatic carbocycles. The van der Waals surface area contributed by atoms with Crippen LogP contribution in [0.4, 0.5) is 34.1 Å². The molecule has 2 nitrogen and oxygen atoms in total. The van der Waals surface area contributed by atoms with Gasteiger partial charge in [0.05, 0.1) is 5.69 Å². The summed E-state index contributed by atoms with van der Waals surface area (Å²) >= 11 is 0. The first-order chi connectivity index (χ1) is 32.9. The van der Waals surface area contributed by atoms with Crippen LogP contribution in [-0.2, 0) is 27.1 Å².